The number of aliphatic hydroxyl groups is 1. The molecule has 2 aliphatic carbocycles. The van der Waals surface area contributed by atoms with Crippen molar-refractivity contribution in [3.05, 3.63) is 12.2 Å². The van der Waals surface area contributed by atoms with Gasteiger partial charge in [0.05, 0.1) is 0 Å². The van der Waals surface area contributed by atoms with Gasteiger partial charge < -0.3 is 5.11 Å². The van der Waals surface area contributed by atoms with E-state index in [0.29, 0.717) is 23.7 Å². The summed E-state index contributed by atoms with van der Waals surface area (Å²) in [7, 11) is 0. The van der Waals surface area contributed by atoms with Crippen molar-refractivity contribution in [2.24, 2.45) is 29.6 Å². The largest absolute Gasteiger partial charge is 0.389 e. The predicted octanol–water partition coefficient (Wildman–Crippen LogP) is 2.81. The van der Waals surface area contributed by atoms with Crippen LogP contribution < -0.4 is 0 Å². The van der Waals surface area contributed by atoms with Crippen LogP contribution in [0.2, 0.25) is 0 Å². The quantitative estimate of drug-likeness (QED) is 0.765. The number of aliphatic hydroxyl groups excluding tert-OH is 1. The van der Waals surface area contributed by atoms with E-state index in [0.717, 1.165) is 19.3 Å². The van der Waals surface area contributed by atoms with Crippen LogP contribution in [0.3, 0.4) is 0 Å². The molecule has 2 saturated carbocycles. The van der Waals surface area contributed by atoms with Crippen LogP contribution in [-0.2, 0) is 4.79 Å². The first-order valence-corrected chi connectivity index (χ1v) is 6.87. The molecule has 2 heteroatoms. The summed E-state index contributed by atoms with van der Waals surface area (Å²) in [6.07, 6.45) is 4.36. The van der Waals surface area contributed by atoms with Gasteiger partial charge in [-0.15, -0.1) is 0 Å². The maximum absolute atomic E-state index is 11.9. The van der Waals surface area contributed by atoms with Crippen LogP contribution in [0.25, 0.3) is 0 Å². The SMILES string of the molecule is C=C1CC[C@@H](C(C)C)[C@H]2[C@@H]1CC[C@@H]2C(=O)CO. The van der Waals surface area contributed by atoms with E-state index in [1.807, 2.05) is 0 Å². The Balaban J connectivity index is 2.23. The fourth-order valence-corrected chi connectivity index (χ4v) is 4.10. The average Bonchev–Trinajstić information content (AvgIpc) is 2.73. The third-order valence-corrected chi connectivity index (χ3v) is 4.96. The number of Topliss-reactive ketones (excluding diaryl/α,β-unsaturated/α-hetero) is 1. The molecular weight excluding hydrogens is 212 g/mol. The van der Waals surface area contributed by atoms with Crippen LogP contribution in [0.15, 0.2) is 12.2 Å². The lowest BCUT2D eigenvalue weighted by Gasteiger charge is -2.40. The summed E-state index contributed by atoms with van der Waals surface area (Å²) in [4.78, 5) is 11.9. The maximum atomic E-state index is 11.9. The van der Waals surface area contributed by atoms with Crippen LogP contribution >= 0.6 is 0 Å². The van der Waals surface area contributed by atoms with Gasteiger partial charge in [0, 0.05) is 5.92 Å². The minimum Gasteiger partial charge on any atom is -0.389 e. The highest BCUT2D eigenvalue weighted by Crippen LogP contribution is 2.52. The number of carbonyl (C=O) groups excluding carboxylic acids is 1. The molecule has 0 amide bonds. The molecule has 0 unspecified atom stereocenters. The molecule has 0 aromatic carbocycles. The third kappa shape index (κ3) is 2.20. The van der Waals surface area contributed by atoms with Crippen molar-refractivity contribution < 1.29 is 9.90 Å². The maximum Gasteiger partial charge on any atom is 0.161 e. The summed E-state index contributed by atoms with van der Waals surface area (Å²) in [5, 5.41) is 9.10. The first-order valence-electron chi connectivity index (χ1n) is 6.87. The van der Waals surface area contributed by atoms with Crippen molar-refractivity contribution >= 4 is 5.78 Å². The topological polar surface area (TPSA) is 37.3 Å². The summed E-state index contributed by atoms with van der Waals surface area (Å²) >= 11 is 0. The number of carbonyl (C=O) groups is 1. The van der Waals surface area contributed by atoms with Crippen LogP contribution in [0.1, 0.15) is 39.5 Å². The first kappa shape index (κ1) is 12.8. The van der Waals surface area contributed by atoms with E-state index < -0.39 is 0 Å². The first-order chi connectivity index (χ1) is 8.06. The molecular formula is C15H24O2. The van der Waals surface area contributed by atoms with Crippen molar-refractivity contribution in [3.8, 4) is 0 Å². The fraction of sp³-hybridized carbons (Fsp3) is 0.800. The van der Waals surface area contributed by atoms with Crippen molar-refractivity contribution in [2.45, 2.75) is 39.5 Å². The predicted molar refractivity (Wildman–Crippen MR) is 68.5 cm³/mol. The molecule has 2 nitrogen and oxygen atoms in total. The van der Waals surface area contributed by atoms with Gasteiger partial charge in [0.25, 0.3) is 0 Å². The van der Waals surface area contributed by atoms with E-state index in [1.54, 1.807) is 0 Å². The lowest BCUT2D eigenvalue weighted by molar-refractivity contribution is -0.128. The van der Waals surface area contributed by atoms with Gasteiger partial charge in [0.2, 0.25) is 0 Å². The number of ketones is 1. The fourth-order valence-electron chi connectivity index (χ4n) is 4.10. The molecule has 96 valence electrons. The van der Waals surface area contributed by atoms with Gasteiger partial charge in [-0.1, -0.05) is 26.0 Å². The van der Waals surface area contributed by atoms with Crippen LogP contribution in [0.4, 0.5) is 0 Å². The van der Waals surface area contributed by atoms with E-state index in [1.165, 1.54) is 12.0 Å². The van der Waals surface area contributed by atoms with E-state index >= 15 is 0 Å². The van der Waals surface area contributed by atoms with Gasteiger partial charge in [0.15, 0.2) is 5.78 Å². The molecule has 0 spiro atoms. The second kappa shape index (κ2) is 4.93. The van der Waals surface area contributed by atoms with Crippen LogP contribution in [-0.4, -0.2) is 17.5 Å². The number of fused-ring (bicyclic) bond motifs is 1. The Hall–Kier alpha value is -0.630. The summed E-state index contributed by atoms with van der Waals surface area (Å²) in [5.74, 6) is 2.40. The lowest BCUT2D eigenvalue weighted by atomic mass is 9.64. The molecule has 0 aromatic heterocycles. The van der Waals surface area contributed by atoms with E-state index in [4.69, 9.17) is 5.11 Å². The Morgan fingerprint density at radius 1 is 1.41 bits per heavy atom. The van der Waals surface area contributed by atoms with Crippen molar-refractivity contribution in [3.63, 3.8) is 0 Å². The van der Waals surface area contributed by atoms with E-state index in [-0.39, 0.29) is 18.3 Å². The minimum atomic E-state index is -0.287. The average molecular weight is 236 g/mol. The highest BCUT2D eigenvalue weighted by molar-refractivity contribution is 5.82. The Morgan fingerprint density at radius 2 is 2.12 bits per heavy atom. The summed E-state index contributed by atoms with van der Waals surface area (Å²) in [6, 6.07) is 0. The van der Waals surface area contributed by atoms with Crippen LogP contribution in [0.5, 0.6) is 0 Å². The lowest BCUT2D eigenvalue weighted by Crippen LogP contribution is -2.36. The van der Waals surface area contributed by atoms with Gasteiger partial charge >= 0.3 is 0 Å². The highest BCUT2D eigenvalue weighted by Gasteiger charge is 2.47. The number of hydrogen-bond acceptors (Lipinski definition) is 2. The summed E-state index contributed by atoms with van der Waals surface area (Å²) in [6.45, 7) is 8.43. The molecule has 2 fully saturated rings. The number of hydrogen-bond donors (Lipinski definition) is 1. The smallest absolute Gasteiger partial charge is 0.161 e. The molecule has 0 aliphatic heterocycles. The minimum absolute atomic E-state index is 0.0536. The monoisotopic (exact) mass is 236 g/mol. The molecule has 0 saturated heterocycles. The zero-order valence-corrected chi connectivity index (χ0v) is 11.0. The van der Waals surface area contributed by atoms with Gasteiger partial charge in [0.1, 0.15) is 6.61 Å². The molecule has 0 aromatic rings. The van der Waals surface area contributed by atoms with E-state index in [2.05, 4.69) is 20.4 Å². The van der Waals surface area contributed by atoms with Crippen molar-refractivity contribution in [1.82, 2.24) is 0 Å². The Kier molecular flexibility index (Phi) is 3.72. The Morgan fingerprint density at radius 3 is 2.71 bits per heavy atom. The van der Waals surface area contributed by atoms with Crippen molar-refractivity contribution in [1.29, 1.82) is 0 Å². The van der Waals surface area contributed by atoms with Gasteiger partial charge in [-0.2, -0.15) is 0 Å². The molecule has 2 rings (SSSR count). The number of rotatable bonds is 3. The molecule has 17 heavy (non-hydrogen) atoms. The molecule has 0 heterocycles. The molecule has 4 atom stereocenters. The molecule has 0 radical (unpaired) electrons. The number of allylic oxidation sites excluding steroid dienone is 1. The standard InChI is InChI=1S/C15H24O2/c1-9(2)11-5-4-10(3)12-6-7-13(15(11)12)14(17)8-16/h9,11-13,15-16H,3-8H2,1-2H3/t11-,12+,13+,15-/m0/s1. The van der Waals surface area contributed by atoms with E-state index in [9.17, 15) is 4.79 Å². The third-order valence-electron chi connectivity index (χ3n) is 4.96. The Bertz CT molecular complexity index is 319. The second-order valence-corrected chi connectivity index (χ2v) is 6.10. The zero-order valence-electron chi connectivity index (χ0n) is 11.0. The molecule has 0 bridgehead atoms. The Labute approximate surface area is 104 Å². The summed E-state index contributed by atoms with van der Waals surface area (Å²) in [5.41, 5.74) is 1.35. The highest BCUT2D eigenvalue weighted by atomic mass is 16.3. The van der Waals surface area contributed by atoms with Gasteiger partial charge in [-0.25, -0.2) is 0 Å². The second-order valence-electron chi connectivity index (χ2n) is 6.10. The summed E-state index contributed by atoms with van der Waals surface area (Å²) < 4.78 is 0. The molecule has 2 aliphatic rings. The van der Waals surface area contributed by atoms with Crippen LogP contribution in [0, 0.1) is 29.6 Å². The van der Waals surface area contributed by atoms with Crippen molar-refractivity contribution in [2.75, 3.05) is 6.61 Å². The van der Waals surface area contributed by atoms with Gasteiger partial charge in [-0.3, -0.25) is 4.79 Å². The zero-order chi connectivity index (χ0) is 12.6. The van der Waals surface area contributed by atoms with Gasteiger partial charge in [-0.05, 0) is 49.4 Å². The molecule has 1 N–H and O–H groups in total. The normalized spacial score (nSPS) is 37.3.